The molecule has 0 aromatic carbocycles. The first kappa shape index (κ1) is 14.9. The van der Waals surface area contributed by atoms with Crippen LogP contribution < -0.4 is 0 Å². The van der Waals surface area contributed by atoms with Crippen molar-refractivity contribution in [1.29, 1.82) is 0 Å². The number of hydrogen-bond donors (Lipinski definition) is 1. The van der Waals surface area contributed by atoms with E-state index < -0.39 is 10.0 Å². The third-order valence-electron chi connectivity index (χ3n) is 3.19. The fourth-order valence-electron chi connectivity index (χ4n) is 2.27. The summed E-state index contributed by atoms with van der Waals surface area (Å²) in [5.41, 5.74) is -0.208. The van der Waals surface area contributed by atoms with Crippen LogP contribution in [0.25, 0.3) is 0 Å². The summed E-state index contributed by atoms with van der Waals surface area (Å²) in [5.74, 6) is 0.440. The lowest BCUT2D eigenvalue weighted by Crippen LogP contribution is -2.43. The second-order valence-electron chi connectivity index (χ2n) is 6.29. The summed E-state index contributed by atoms with van der Waals surface area (Å²) in [6.07, 6.45) is 1.20. The van der Waals surface area contributed by atoms with Gasteiger partial charge in [0.05, 0.1) is 11.9 Å². The molecule has 1 aliphatic heterocycles. The van der Waals surface area contributed by atoms with Crippen LogP contribution in [0.4, 0.5) is 0 Å². The van der Waals surface area contributed by atoms with Crippen LogP contribution in [0.2, 0.25) is 0 Å². The van der Waals surface area contributed by atoms with Gasteiger partial charge >= 0.3 is 0 Å². The molecule has 1 heterocycles. The van der Waals surface area contributed by atoms with Gasteiger partial charge in [-0.15, -0.1) is 0 Å². The molecule has 1 fully saturated rings. The lowest BCUT2D eigenvalue weighted by molar-refractivity contribution is 0.0910. The van der Waals surface area contributed by atoms with Crippen molar-refractivity contribution in [2.75, 3.05) is 18.8 Å². The lowest BCUT2D eigenvalue weighted by atomic mass is 9.93. The van der Waals surface area contributed by atoms with Crippen molar-refractivity contribution in [1.82, 2.24) is 4.31 Å². The maximum absolute atomic E-state index is 12.1. The van der Waals surface area contributed by atoms with E-state index in [4.69, 9.17) is 0 Å². The standard InChI is InChI=1S/C12H25NO3S/c1-10(14)11-5-7-13(8-6-11)17(15,16)9-12(2,3)4/h10-11,14H,5-9H2,1-4H3. The number of hydrogen-bond acceptors (Lipinski definition) is 3. The first-order valence-electron chi connectivity index (χ1n) is 6.28. The van der Waals surface area contributed by atoms with Crippen LogP contribution in [-0.2, 0) is 10.0 Å². The molecule has 1 aliphatic rings. The fourth-order valence-corrected chi connectivity index (χ4v) is 4.32. The third kappa shape index (κ3) is 4.56. The number of aliphatic hydroxyl groups is 1. The zero-order valence-electron chi connectivity index (χ0n) is 11.3. The zero-order valence-corrected chi connectivity index (χ0v) is 12.1. The number of sulfonamides is 1. The van der Waals surface area contributed by atoms with Gasteiger partial charge in [0.2, 0.25) is 10.0 Å². The van der Waals surface area contributed by atoms with Crippen LogP contribution >= 0.6 is 0 Å². The van der Waals surface area contributed by atoms with Crippen LogP contribution in [0, 0.1) is 11.3 Å². The average molecular weight is 263 g/mol. The molecule has 5 heteroatoms. The molecule has 0 aromatic rings. The average Bonchev–Trinajstić information content (AvgIpc) is 2.14. The molecule has 17 heavy (non-hydrogen) atoms. The van der Waals surface area contributed by atoms with Gasteiger partial charge in [-0.25, -0.2) is 12.7 Å². The molecule has 0 aromatic heterocycles. The largest absolute Gasteiger partial charge is 0.393 e. The van der Waals surface area contributed by atoms with Crippen LogP contribution in [0.5, 0.6) is 0 Å². The van der Waals surface area contributed by atoms with Crippen LogP contribution in [0.15, 0.2) is 0 Å². The summed E-state index contributed by atoms with van der Waals surface area (Å²) in [5, 5.41) is 9.48. The van der Waals surface area contributed by atoms with Gasteiger partial charge in [0.25, 0.3) is 0 Å². The number of aliphatic hydroxyl groups excluding tert-OH is 1. The fraction of sp³-hybridized carbons (Fsp3) is 1.00. The minimum absolute atomic E-state index is 0.194. The monoisotopic (exact) mass is 263 g/mol. The topological polar surface area (TPSA) is 57.6 Å². The second kappa shape index (κ2) is 5.24. The maximum atomic E-state index is 12.1. The molecule has 1 rings (SSSR count). The summed E-state index contributed by atoms with van der Waals surface area (Å²) in [6, 6.07) is 0. The van der Waals surface area contributed by atoms with Gasteiger partial charge in [-0.05, 0) is 31.1 Å². The Morgan fingerprint density at radius 3 is 2.12 bits per heavy atom. The van der Waals surface area contributed by atoms with Crippen molar-refractivity contribution in [3.8, 4) is 0 Å². The Hall–Kier alpha value is -0.130. The van der Waals surface area contributed by atoms with Gasteiger partial charge in [0, 0.05) is 13.1 Å². The highest BCUT2D eigenvalue weighted by molar-refractivity contribution is 7.89. The SMILES string of the molecule is CC(O)C1CCN(S(=O)(=O)CC(C)(C)C)CC1. The number of piperidine rings is 1. The predicted octanol–water partition coefficient (Wildman–Crippen LogP) is 1.46. The van der Waals surface area contributed by atoms with Crippen molar-refractivity contribution in [3.05, 3.63) is 0 Å². The van der Waals surface area contributed by atoms with E-state index in [1.165, 1.54) is 0 Å². The molecule has 0 saturated carbocycles. The quantitative estimate of drug-likeness (QED) is 0.838. The molecule has 0 radical (unpaired) electrons. The van der Waals surface area contributed by atoms with Gasteiger partial charge in [-0.2, -0.15) is 0 Å². The Bertz CT molecular complexity index is 335. The minimum Gasteiger partial charge on any atom is -0.393 e. The van der Waals surface area contributed by atoms with Crippen molar-refractivity contribution >= 4 is 10.0 Å². The summed E-state index contributed by atoms with van der Waals surface area (Å²) in [4.78, 5) is 0. The smallest absolute Gasteiger partial charge is 0.214 e. The summed E-state index contributed by atoms with van der Waals surface area (Å²) in [6.45, 7) is 8.69. The molecule has 0 amide bonds. The Morgan fingerprint density at radius 1 is 1.29 bits per heavy atom. The molecular weight excluding hydrogens is 238 g/mol. The molecule has 1 atom stereocenters. The molecular formula is C12H25NO3S. The van der Waals surface area contributed by atoms with Crippen LogP contribution in [-0.4, -0.2) is 42.8 Å². The van der Waals surface area contributed by atoms with Gasteiger partial charge in [0.1, 0.15) is 0 Å². The first-order chi connectivity index (χ1) is 7.62. The zero-order chi connectivity index (χ0) is 13.3. The summed E-state index contributed by atoms with van der Waals surface area (Å²) < 4.78 is 25.9. The summed E-state index contributed by atoms with van der Waals surface area (Å²) >= 11 is 0. The highest BCUT2D eigenvalue weighted by atomic mass is 32.2. The van der Waals surface area contributed by atoms with E-state index in [0.29, 0.717) is 13.1 Å². The Kier molecular flexibility index (Phi) is 4.60. The van der Waals surface area contributed by atoms with E-state index in [2.05, 4.69) is 0 Å². The van der Waals surface area contributed by atoms with E-state index >= 15 is 0 Å². The number of rotatable bonds is 3. The molecule has 1 saturated heterocycles. The molecule has 0 bridgehead atoms. The van der Waals surface area contributed by atoms with E-state index in [1.807, 2.05) is 20.8 Å². The Morgan fingerprint density at radius 2 is 1.76 bits per heavy atom. The summed E-state index contributed by atoms with van der Waals surface area (Å²) in [7, 11) is -3.14. The molecule has 0 spiro atoms. The normalized spacial score (nSPS) is 22.6. The molecule has 4 nitrogen and oxygen atoms in total. The van der Waals surface area contributed by atoms with E-state index in [1.54, 1.807) is 11.2 Å². The van der Waals surface area contributed by atoms with E-state index in [-0.39, 0.29) is 23.2 Å². The van der Waals surface area contributed by atoms with Gasteiger partial charge in [-0.1, -0.05) is 20.8 Å². The number of nitrogens with zero attached hydrogens (tertiary/aromatic N) is 1. The second-order valence-corrected chi connectivity index (χ2v) is 8.26. The van der Waals surface area contributed by atoms with E-state index in [9.17, 15) is 13.5 Å². The molecule has 0 aliphatic carbocycles. The van der Waals surface area contributed by atoms with Gasteiger partial charge in [0.15, 0.2) is 0 Å². The van der Waals surface area contributed by atoms with Gasteiger partial charge < -0.3 is 5.11 Å². The lowest BCUT2D eigenvalue weighted by Gasteiger charge is -2.34. The minimum atomic E-state index is -3.14. The maximum Gasteiger partial charge on any atom is 0.214 e. The van der Waals surface area contributed by atoms with E-state index in [0.717, 1.165) is 12.8 Å². The van der Waals surface area contributed by atoms with Crippen molar-refractivity contribution < 1.29 is 13.5 Å². The van der Waals surface area contributed by atoms with Crippen molar-refractivity contribution in [3.63, 3.8) is 0 Å². The Balaban J connectivity index is 2.59. The molecule has 1 unspecified atom stereocenters. The highest BCUT2D eigenvalue weighted by Gasteiger charge is 2.32. The Labute approximate surface area is 105 Å². The molecule has 1 N–H and O–H groups in total. The highest BCUT2D eigenvalue weighted by Crippen LogP contribution is 2.25. The predicted molar refractivity (Wildman–Crippen MR) is 69.2 cm³/mol. The molecule has 102 valence electrons. The first-order valence-corrected chi connectivity index (χ1v) is 7.89. The van der Waals surface area contributed by atoms with Crippen LogP contribution in [0.3, 0.4) is 0 Å². The van der Waals surface area contributed by atoms with Crippen molar-refractivity contribution in [2.24, 2.45) is 11.3 Å². The third-order valence-corrected chi connectivity index (χ3v) is 5.57. The van der Waals surface area contributed by atoms with Crippen molar-refractivity contribution in [2.45, 2.75) is 46.6 Å². The van der Waals surface area contributed by atoms with Gasteiger partial charge in [-0.3, -0.25) is 0 Å². The van der Waals surface area contributed by atoms with Crippen LogP contribution in [0.1, 0.15) is 40.5 Å².